The molecule has 26 heavy (non-hydrogen) atoms. The van der Waals surface area contributed by atoms with Crippen LogP contribution in [0.4, 0.5) is 0 Å². The second kappa shape index (κ2) is 8.90. The first-order chi connectivity index (χ1) is 12.5. The van der Waals surface area contributed by atoms with E-state index < -0.39 is 0 Å². The number of carbonyl (C=O) groups excluding carboxylic acids is 2. The van der Waals surface area contributed by atoms with Crippen LogP contribution in [0.2, 0.25) is 5.02 Å². The van der Waals surface area contributed by atoms with E-state index in [1.807, 2.05) is 24.3 Å². The minimum Gasteiger partial charge on any atom is -0.352 e. The van der Waals surface area contributed by atoms with Crippen molar-refractivity contribution in [2.24, 2.45) is 17.8 Å². The van der Waals surface area contributed by atoms with Crippen LogP contribution in [0.5, 0.6) is 0 Å². The lowest BCUT2D eigenvalue weighted by Crippen LogP contribution is -2.44. The van der Waals surface area contributed by atoms with Crippen molar-refractivity contribution in [3.05, 3.63) is 34.9 Å². The molecular formula is C21H29ClN2O2. The maximum Gasteiger partial charge on any atom is 0.225 e. The van der Waals surface area contributed by atoms with E-state index >= 15 is 0 Å². The first-order valence-electron chi connectivity index (χ1n) is 9.84. The number of halogens is 1. The fourth-order valence-electron chi connectivity index (χ4n) is 4.22. The first-order valence-corrected chi connectivity index (χ1v) is 10.2. The Kier molecular flexibility index (Phi) is 6.58. The topological polar surface area (TPSA) is 49.4 Å². The average Bonchev–Trinajstić information content (AvgIpc) is 2.66. The Labute approximate surface area is 161 Å². The molecule has 1 saturated carbocycles. The molecule has 2 aliphatic rings. The summed E-state index contributed by atoms with van der Waals surface area (Å²) in [5.74, 6) is 1.13. The van der Waals surface area contributed by atoms with Crippen LogP contribution in [0.25, 0.3) is 0 Å². The number of likely N-dealkylation sites (tertiary alicyclic amines) is 1. The number of rotatable bonds is 4. The van der Waals surface area contributed by atoms with E-state index in [2.05, 4.69) is 17.1 Å². The van der Waals surface area contributed by atoms with Crippen LogP contribution in [0.3, 0.4) is 0 Å². The summed E-state index contributed by atoms with van der Waals surface area (Å²) in [5.41, 5.74) is 0.936. The van der Waals surface area contributed by atoms with E-state index in [1.54, 1.807) is 0 Å². The molecule has 1 aliphatic carbocycles. The monoisotopic (exact) mass is 376 g/mol. The zero-order valence-corrected chi connectivity index (χ0v) is 16.3. The molecule has 0 radical (unpaired) electrons. The number of carbonyl (C=O) groups is 2. The van der Waals surface area contributed by atoms with Crippen LogP contribution in [0.1, 0.15) is 51.0 Å². The largest absolute Gasteiger partial charge is 0.352 e. The van der Waals surface area contributed by atoms with Crippen molar-refractivity contribution in [3.63, 3.8) is 0 Å². The highest BCUT2D eigenvalue weighted by molar-refractivity contribution is 6.31. The van der Waals surface area contributed by atoms with Gasteiger partial charge in [0.2, 0.25) is 11.8 Å². The van der Waals surface area contributed by atoms with E-state index in [0.717, 1.165) is 50.8 Å². The van der Waals surface area contributed by atoms with E-state index in [4.69, 9.17) is 11.6 Å². The third-order valence-corrected chi connectivity index (χ3v) is 6.20. The van der Waals surface area contributed by atoms with Crippen molar-refractivity contribution in [2.45, 2.75) is 52.0 Å². The number of nitrogens with one attached hydrogen (secondary N) is 1. The summed E-state index contributed by atoms with van der Waals surface area (Å²) >= 11 is 6.14. The molecule has 142 valence electrons. The van der Waals surface area contributed by atoms with Gasteiger partial charge in [-0.1, -0.05) is 36.7 Å². The summed E-state index contributed by atoms with van der Waals surface area (Å²) in [4.78, 5) is 27.2. The molecule has 1 atom stereocenters. The number of nitrogens with zero attached hydrogens (tertiary/aromatic N) is 1. The Bertz CT molecular complexity index is 641. The summed E-state index contributed by atoms with van der Waals surface area (Å²) in [7, 11) is 0. The van der Waals surface area contributed by atoms with Gasteiger partial charge in [-0.3, -0.25) is 9.59 Å². The van der Waals surface area contributed by atoms with Crippen LogP contribution in [0, 0.1) is 17.8 Å². The number of hydrogen-bond donors (Lipinski definition) is 1. The Morgan fingerprint density at radius 2 is 1.81 bits per heavy atom. The lowest BCUT2D eigenvalue weighted by atomic mass is 9.80. The molecule has 3 rings (SSSR count). The molecule has 4 nitrogen and oxygen atoms in total. The van der Waals surface area contributed by atoms with Gasteiger partial charge in [0.1, 0.15) is 0 Å². The molecule has 1 aliphatic heterocycles. The highest BCUT2D eigenvalue weighted by Crippen LogP contribution is 2.31. The van der Waals surface area contributed by atoms with Gasteiger partial charge in [-0.2, -0.15) is 0 Å². The second-order valence-corrected chi connectivity index (χ2v) is 8.30. The Morgan fingerprint density at radius 3 is 2.50 bits per heavy atom. The van der Waals surface area contributed by atoms with Gasteiger partial charge in [-0.25, -0.2) is 0 Å². The Morgan fingerprint density at radius 1 is 1.12 bits per heavy atom. The van der Waals surface area contributed by atoms with Crippen LogP contribution in [-0.2, 0) is 16.1 Å². The van der Waals surface area contributed by atoms with Crippen molar-refractivity contribution in [1.29, 1.82) is 0 Å². The van der Waals surface area contributed by atoms with Gasteiger partial charge in [-0.05, 0) is 56.1 Å². The third kappa shape index (κ3) is 4.79. The summed E-state index contributed by atoms with van der Waals surface area (Å²) in [6.07, 6.45) is 5.60. The molecule has 0 spiro atoms. The molecule has 2 fully saturated rings. The molecule has 2 amide bonds. The van der Waals surface area contributed by atoms with Gasteiger partial charge in [0.05, 0.1) is 0 Å². The lowest BCUT2D eigenvalue weighted by Gasteiger charge is -2.35. The number of amides is 2. The van der Waals surface area contributed by atoms with Gasteiger partial charge in [0, 0.05) is 36.5 Å². The van der Waals surface area contributed by atoms with E-state index in [1.165, 1.54) is 6.42 Å². The van der Waals surface area contributed by atoms with Gasteiger partial charge in [-0.15, -0.1) is 0 Å². The van der Waals surface area contributed by atoms with Gasteiger partial charge < -0.3 is 10.2 Å². The lowest BCUT2D eigenvalue weighted by molar-refractivity contribution is -0.140. The van der Waals surface area contributed by atoms with Crippen molar-refractivity contribution in [2.75, 3.05) is 13.1 Å². The summed E-state index contributed by atoms with van der Waals surface area (Å²) in [5, 5.41) is 3.68. The predicted octanol–water partition coefficient (Wildman–Crippen LogP) is 4.02. The van der Waals surface area contributed by atoms with Crippen molar-refractivity contribution in [1.82, 2.24) is 10.2 Å². The number of piperidine rings is 1. The summed E-state index contributed by atoms with van der Waals surface area (Å²) in [6.45, 7) is 4.49. The molecule has 1 N–H and O–H groups in total. The SMILES string of the molecule is CC1CCCN(C(=O)C2CCC(C(=O)NCc3ccccc3Cl)CC2)C1. The van der Waals surface area contributed by atoms with Crippen molar-refractivity contribution in [3.8, 4) is 0 Å². The fraction of sp³-hybridized carbons (Fsp3) is 0.619. The highest BCUT2D eigenvalue weighted by Gasteiger charge is 2.33. The van der Waals surface area contributed by atoms with Crippen LogP contribution in [-0.4, -0.2) is 29.8 Å². The van der Waals surface area contributed by atoms with Gasteiger partial charge in [0.15, 0.2) is 0 Å². The molecular weight excluding hydrogens is 348 g/mol. The quantitative estimate of drug-likeness (QED) is 0.862. The molecule has 1 heterocycles. The molecule has 1 saturated heterocycles. The minimum atomic E-state index is 0.0156. The molecule has 5 heteroatoms. The minimum absolute atomic E-state index is 0.0156. The average molecular weight is 377 g/mol. The molecule has 1 unspecified atom stereocenters. The first kappa shape index (κ1) is 19.2. The van der Waals surface area contributed by atoms with Crippen LogP contribution in [0.15, 0.2) is 24.3 Å². The van der Waals surface area contributed by atoms with Gasteiger partial charge >= 0.3 is 0 Å². The zero-order chi connectivity index (χ0) is 18.5. The second-order valence-electron chi connectivity index (χ2n) is 7.89. The van der Waals surface area contributed by atoms with Crippen LogP contribution >= 0.6 is 11.6 Å². The molecule has 1 aromatic rings. The predicted molar refractivity (Wildman–Crippen MR) is 104 cm³/mol. The Balaban J connectivity index is 1.45. The smallest absolute Gasteiger partial charge is 0.225 e. The van der Waals surface area contributed by atoms with Gasteiger partial charge in [0.25, 0.3) is 0 Å². The van der Waals surface area contributed by atoms with Crippen LogP contribution < -0.4 is 5.32 Å². The molecule has 0 bridgehead atoms. The number of hydrogen-bond acceptors (Lipinski definition) is 2. The molecule has 0 aromatic heterocycles. The van der Waals surface area contributed by atoms with E-state index in [-0.39, 0.29) is 17.7 Å². The Hall–Kier alpha value is -1.55. The summed E-state index contributed by atoms with van der Waals surface area (Å²) < 4.78 is 0. The third-order valence-electron chi connectivity index (χ3n) is 5.83. The number of benzene rings is 1. The van der Waals surface area contributed by atoms with E-state index in [0.29, 0.717) is 23.4 Å². The normalized spacial score (nSPS) is 26.4. The highest BCUT2D eigenvalue weighted by atomic mass is 35.5. The standard InChI is InChI=1S/C21H29ClN2O2/c1-15-5-4-12-24(14-15)21(26)17-10-8-16(9-11-17)20(25)23-13-18-6-2-3-7-19(18)22/h2-3,6-7,15-17H,4-5,8-14H2,1H3,(H,23,25). The maximum atomic E-state index is 12.7. The van der Waals surface area contributed by atoms with E-state index in [9.17, 15) is 9.59 Å². The zero-order valence-electron chi connectivity index (χ0n) is 15.5. The fourth-order valence-corrected chi connectivity index (χ4v) is 4.42. The molecule has 1 aromatic carbocycles. The maximum absolute atomic E-state index is 12.7. The summed E-state index contributed by atoms with van der Waals surface area (Å²) in [6, 6.07) is 7.57. The van der Waals surface area contributed by atoms with Crippen molar-refractivity contribution >= 4 is 23.4 Å². The van der Waals surface area contributed by atoms with Crippen molar-refractivity contribution < 1.29 is 9.59 Å².